The van der Waals surface area contributed by atoms with Gasteiger partial charge in [0.05, 0.1) is 0 Å². The molecule has 0 spiro atoms. The van der Waals surface area contributed by atoms with E-state index >= 15 is 0 Å². The highest BCUT2D eigenvalue weighted by atomic mass is 19.2. The van der Waals surface area contributed by atoms with Crippen molar-refractivity contribution in [1.29, 1.82) is 0 Å². The lowest BCUT2D eigenvalue weighted by Gasteiger charge is -2.72. The van der Waals surface area contributed by atoms with Crippen LogP contribution < -0.4 is 5.32 Å². The number of aliphatic carboxylic acids is 1. The van der Waals surface area contributed by atoms with Crippen LogP contribution in [0.4, 0.5) is 18.0 Å². The SMILES string of the molecule is O=C(NC(C(=O)O)C12CC(c3cc(F)c(F)cc3F)(C1)C2)OCC1c2ccccc2-c2ccccc21. The molecule has 0 aromatic heterocycles. The molecule has 184 valence electrons. The first kappa shape index (κ1) is 22.6. The summed E-state index contributed by atoms with van der Waals surface area (Å²) in [6.45, 7) is 0.0448. The van der Waals surface area contributed by atoms with Gasteiger partial charge in [-0.1, -0.05) is 48.5 Å². The molecular formula is C28H22F3NO4. The first-order valence-electron chi connectivity index (χ1n) is 11.7. The van der Waals surface area contributed by atoms with E-state index in [1.807, 2.05) is 48.5 Å². The molecule has 1 atom stereocenters. The molecule has 1 unspecified atom stereocenters. The van der Waals surface area contributed by atoms with E-state index in [0.29, 0.717) is 6.07 Å². The Morgan fingerprint density at radius 1 is 0.917 bits per heavy atom. The molecule has 0 aliphatic heterocycles. The minimum absolute atomic E-state index is 0.0448. The third kappa shape index (κ3) is 3.23. The number of nitrogens with one attached hydrogen (secondary N) is 1. The monoisotopic (exact) mass is 493 g/mol. The first-order chi connectivity index (χ1) is 17.2. The van der Waals surface area contributed by atoms with Crippen molar-refractivity contribution in [3.8, 4) is 11.1 Å². The van der Waals surface area contributed by atoms with Gasteiger partial charge in [-0.2, -0.15) is 0 Å². The van der Waals surface area contributed by atoms with E-state index in [1.54, 1.807) is 0 Å². The molecule has 0 saturated heterocycles. The van der Waals surface area contributed by atoms with Gasteiger partial charge in [-0.05, 0) is 53.1 Å². The van der Waals surface area contributed by atoms with Crippen LogP contribution in [0, 0.1) is 22.9 Å². The molecule has 7 rings (SSSR count). The Kier molecular flexibility index (Phi) is 4.94. The lowest BCUT2D eigenvalue weighted by atomic mass is 9.31. The van der Waals surface area contributed by atoms with Crippen molar-refractivity contribution in [3.63, 3.8) is 0 Å². The summed E-state index contributed by atoms with van der Waals surface area (Å²) in [6.07, 6.45) is -0.0875. The zero-order valence-corrected chi connectivity index (χ0v) is 19.1. The number of amides is 1. The number of hydrogen-bond donors (Lipinski definition) is 2. The Hall–Kier alpha value is -3.81. The molecule has 3 saturated carbocycles. The minimum Gasteiger partial charge on any atom is -0.480 e. The zero-order chi connectivity index (χ0) is 25.2. The maximum absolute atomic E-state index is 14.3. The van der Waals surface area contributed by atoms with Gasteiger partial charge in [0.25, 0.3) is 0 Å². The molecule has 3 fully saturated rings. The van der Waals surface area contributed by atoms with Crippen LogP contribution in [0.3, 0.4) is 0 Å². The van der Waals surface area contributed by atoms with Gasteiger partial charge in [0.2, 0.25) is 0 Å². The lowest BCUT2D eigenvalue weighted by molar-refractivity contribution is -0.183. The fourth-order valence-electron chi connectivity index (χ4n) is 6.62. The van der Waals surface area contributed by atoms with E-state index in [4.69, 9.17) is 4.74 Å². The molecule has 0 radical (unpaired) electrons. The lowest BCUT2D eigenvalue weighted by Crippen LogP contribution is -2.73. The predicted octanol–water partition coefficient (Wildman–Crippen LogP) is 5.52. The number of carboxylic acids is 1. The normalized spacial score (nSPS) is 24.1. The molecule has 5 nitrogen and oxygen atoms in total. The molecule has 2 N–H and O–H groups in total. The summed E-state index contributed by atoms with van der Waals surface area (Å²) in [5, 5.41) is 12.3. The number of benzene rings is 3. The van der Waals surface area contributed by atoms with Gasteiger partial charge in [0.1, 0.15) is 18.5 Å². The predicted molar refractivity (Wildman–Crippen MR) is 124 cm³/mol. The summed E-state index contributed by atoms with van der Waals surface area (Å²) >= 11 is 0. The zero-order valence-electron chi connectivity index (χ0n) is 19.1. The van der Waals surface area contributed by atoms with Gasteiger partial charge in [0, 0.05) is 22.8 Å². The van der Waals surface area contributed by atoms with E-state index in [2.05, 4.69) is 5.32 Å². The van der Waals surface area contributed by atoms with Crippen LogP contribution in [0.25, 0.3) is 11.1 Å². The molecule has 2 bridgehead atoms. The van der Waals surface area contributed by atoms with Crippen LogP contribution in [-0.2, 0) is 14.9 Å². The fraction of sp³-hybridized carbons (Fsp3) is 0.286. The van der Waals surface area contributed by atoms with E-state index in [9.17, 15) is 27.9 Å². The second-order valence-electron chi connectivity index (χ2n) is 10.2. The number of alkyl carbamates (subject to hydrolysis) is 1. The fourth-order valence-corrected chi connectivity index (χ4v) is 6.62. The van der Waals surface area contributed by atoms with Crippen LogP contribution in [0.15, 0.2) is 60.7 Å². The molecule has 1 amide bonds. The topological polar surface area (TPSA) is 75.6 Å². The Balaban J connectivity index is 1.14. The second kappa shape index (κ2) is 7.85. The second-order valence-corrected chi connectivity index (χ2v) is 10.2. The highest BCUT2D eigenvalue weighted by molar-refractivity contribution is 5.82. The van der Waals surface area contributed by atoms with Gasteiger partial charge in [-0.15, -0.1) is 0 Å². The number of halogens is 3. The number of hydrogen-bond acceptors (Lipinski definition) is 3. The van der Waals surface area contributed by atoms with Gasteiger partial charge in [0.15, 0.2) is 11.6 Å². The summed E-state index contributed by atoms with van der Waals surface area (Å²) in [5.74, 6) is -4.64. The highest BCUT2D eigenvalue weighted by Crippen LogP contribution is 2.75. The maximum atomic E-state index is 14.3. The van der Waals surface area contributed by atoms with Crippen LogP contribution in [0.5, 0.6) is 0 Å². The molecule has 36 heavy (non-hydrogen) atoms. The van der Waals surface area contributed by atoms with E-state index < -0.39 is 46.4 Å². The van der Waals surface area contributed by atoms with Crippen LogP contribution in [-0.4, -0.2) is 29.8 Å². The maximum Gasteiger partial charge on any atom is 0.407 e. The van der Waals surface area contributed by atoms with Gasteiger partial charge >= 0.3 is 12.1 Å². The van der Waals surface area contributed by atoms with E-state index in [-0.39, 0.29) is 37.4 Å². The van der Waals surface area contributed by atoms with Gasteiger partial charge in [-0.3, -0.25) is 0 Å². The Bertz CT molecular complexity index is 1360. The number of carbonyl (C=O) groups excluding carboxylic acids is 1. The van der Waals surface area contributed by atoms with Crippen molar-refractivity contribution in [2.45, 2.75) is 36.6 Å². The summed E-state index contributed by atoms with van der Waals surface area (Å²) in [5.41, 5.74) is 2.76. The molecule has 0 heterocycles. The Labute approximate surface area is 204 Å². The minimum atomic E-state index is -1.27. The van der Waals surface area contributed by atoms with Crippen molar-refractivity contribution in [2.24, 2.45) is 5.41 Å². The quantitative estimate of drug-likeness (QED) is 0.444. The summed E-state index contributed by atoms with van der Waals surface area (Å²) in [6, 6.07) is 15.9. The van der Waals surface area contributed by atoms with Crippen molar-refractivity contribution < 1.29 is 32.6 Å². The van der Waals surface area contributed by atoms with Gasteiger partial charge < -0.3 is 15.2 Å². The Morgan fingerprint density at radius 2 is 1.47 bits per heavy atom. The highest BCUT2D eigenvalue weighted by Gasteiger charge is 2.73. The third-order valence-corrected chi connectivity index (χ3v) is 8.12. The number of rotatable bonds is 6. The summed E-state index contributed by atoms with van der Waals surface area (Å²) in [7, 11) is 0. The Morgan fingerprint density at radius 3 is 2.06 bits per heavy atom. The van der Waals surface area contributed by atoms with Crippen molar-refractivity contribution in [3.05, 3.63) is 94.8 Å². The molecule has 4 aliphatic rings. The number of carbonyl (C=O) groups is 2. The molecule has 4 aliphatic carbocycles. The smallest absolute Gasteiger partial charge is 0.407 e. The standard InChI is InChI=1S/C28H22F3NO4/c29-21-10-23(31)22(30)9-20(21)27-12-28(13-27,14-27)24(25(33)34)32-26(35)36-11-19-17-7-3-1-5-15(17)16-6-2-4-8-18(16)19/h1-10,19,24H,11-14H2,(H,32,35)(H,33,34). The van der Waals surface area contributed by atoms with Crippen molar-refractivity contribution in [1.82, 2.24) is 5.32 Å². The number of ether oxygens (including phenoxy) is 1. The molecule has 3 aromatic carbocycles. The van der Waals surface area contributed by atoms with Crippen LogP contribution in [0.2, 0.25) is 0 Å². The van der Waals surface area contributed by atoms with Crippen molar-refractivity contribution in [2.75, 3.05) is 6.61 Å². The summed E-state index contributed by atoms with van der Waals surface area (Å²) < 4.78 is 46.8. The first-order valence-corrected chi connectivity index (χ1v) is 11.7. The third-order valence-electron chi connectivity index (χ3n) is 8.12. The number of fused-ring (bicyclic) bond motifs is 3. The molecule has 3 aromatic rings. The van der Waals surface area contributed by atoms with Crippen molar-refractivity contribution >= 4 is 12.1 Å². The molecule has 8 heteroatoms. The van der Waals surface area contributed by atoms with Gasteiger partial charge in [-0.25, -0.2) is 22.8 Å². The average molecular weight is 493 g/mol. The van der Waals surface area contributed by atoms with E-state index in [1.165, 1.54) is 0 Å². The van der Waals surface area contributed by atoms with E-state index in [0.717, 1.165) is 28.3 Å². The molecular weight excluding hydrogens is 471 g/mol. The largest absolute Gasteiger partial charge is 0.480 e. The summed E-state index contributed by atoms with van der Waals surface area (Å²) in [4.78, 5) is 24.7. The van der Waals surface area contributed by atoms with Crippen LogP contribution in [0.1, 0.15) is 41.9 Å². The number of carboxylic acid groups (broad SMARTS) is 1. The average Bonchev–Trinajstić information content (AvgIpc) is 3.12. The van der Waals surface area contributed by atoms with Crippen LogP contribution >= 0.6 is 0 Å².